The van der Waals surface area contributed by atoms with Crippen molar-refractivity contribution in [2.24, 2.45) is 0 Å². The smallest absolute Gasteiger partial charge is 0.337 e. The van der Waals surface area contributed by atoms with Crippen LogP contribution in [0.25, 0.3) is 0 Å². The highest BCUT2D eigenvalue weighted by Crippen LogP contribution is 2.10. The predicted molar refractivity (Wildman–Crippen MR) is 112 cm³/mol. The molecule has 0 fully saturated rings. The van der Waals surface area contributed by atoms with Gasteiger partial charge in [0.2, 0.25) is 0 Å². The van der Waals surface area contributed by atoms with Gasteiger partial charge in [-0.1, -0.05) is 18.2 Å². The average molecular weight is 426 g/mol. The van der Waals surface area contributed by atoms with Crippen LogP contribution >= 0.6 is 0 Å². The Kier molecular flexibility index (Phi) is 10.4. The summed E-state index contributed by atoms with van der Waals surface area (Å²) in [5, 5.41) is 26.1. The highest BCUT2D eigenvalue weighted by molar-refractivity contribution is 5.89. The van der Waals surface area contributed by atoms with E-state index >= 15 is 0 Å². The van der Waals surface area contributed by atoms with E-state index < -0.39 is 17.9 Å². The number of ether oxygens (including phenoxy) is 2. The van der Waals surface area contributed by atoms with Crippen molar-refractivity contribution in [1.29, 1.82) is 0 Å². The zero-order valence-electron chi connectivity index (χ0n) is 16.9. The number of carbonyl (C=O) groups is 3. The largest absolute Gasteiger partial charge is 0.508 e. The molecule has 0 spiro atoms. The molecule has 3 aromatic carbocycles. The fourth-order valence-corrected chi connectivity index (χ4v) is 2.01. The molecule has 0 radical (unpaired) electrons. The van der Waals surface area contributed by atoms with E-state index in [4.69, 9.17) is 15.3 Å². The van der Waals surface area contributed by atoms with E-state index in [2.05, 4.69) is 9.47 Å². The summed E-state index contributed by atoms with van der Waals surface area (Å²) in [6.45, 7) is 0. The zero-order valence-corrected chi connectivity index (χ0v) is 16.9. The van der Waals surface area contributed by atoms with Crippen molar-refractivity contribution < 1.29 is 39.2 Å². The van der Waals surface area contributed by atoms with Crippen molar-refractivity contribution in [1.82, 2.24) is 0 Å². The van der Waals surface area contributed by atoms with Gasteiger partial charge < -0.3 is 24.8 Å². The topological polar surface area (TPSA) is 130 Å². The van der Waals surface area contributed by atoms with Gasteiger partial charge in [0.15, 0.2) is 0 Å². The van der Waals surface area contributed by atoms with E-state index in [1.54, 1.807) is 30.3 Å². The summed E-state index contributed by atoms with van der Waals surface area (Å²) >= 11 is 0. The Balaban J connectivity index is 0.000000234. The van der Waals surface area contributed by atoms with Crippen LogP contribution in [-0.2, 0) is 9.47 Å². The molecule has 0 aliphatic rings. The molecule has 31 heavy (non-hydrogen) atoms. The number of phenols is 2. The Morgan fingerprint density at radius 1 is 0.581 bits per heavy atom. The van der Waals surface area contributed by atoms with Crippen LogP contribution in [-0.4, -0.2) is 47.4 Å². The molecular formula is C23H22O8. The summed E-state index contributed by atoms with van der Waals surface area (Å²) in [6.07, 6.45) is 0. The SMILES string of the molecule is COC(=O)c1ccc(O)cc1.COC(=O)c1ccc(O)cc1.O=C(O)c1ccccc1. The molecule has 3 aromatic rings. The Morgan fingerprint density at radius 2 is 0.935 bits per heavy atom. The van der Waals surface area contributed by atoms with Gasteiger partial charge in [-0.2, -0.15) is 0 Å². The number of aromatic carboxylic acids is 1. The van der Waals surface area contributed by atoms with E-state index in [0.717, 1.165) is 0 Å². The third kappa shape index (κ3) is 9.14. The number of carbonyl (C=O) groups excluding carboxylic acids is 2. The number of hydrogen-bond acceptors (Lipinski definition) is 7. The Hall–Kier alpha value is -4.33. The lowest BCUT2D eigenvalue weighted by Crippen LogP contribution is -1.99. The number of esters is 2. The molecule has 0 unspecified atom stereocenters. The second kappa shape index (κ2) is 13.0. The summed E-state index contributed by atoms with van der Waals surface area (Å²) in [6, 6.07) is 20.0. The first kappa shape index (κ1) is 24.7. The highest BCUT2D eigenvalue weighted by atomic mass is 16.5. The number of aromatic hydroxyl groups is 2. The predicted octanol–water partition coefficient (Wildman–Crippen LogP) is 3.74. The highest BCUT2D eigenvalue weighted by Gasteiger charge is 2.03. The van der Waals surface area contributed by atoms with Crippen LogP contribution in [0.2, 0.25) is 0 Å². The normalized spacial score (nSPS) is 9.10. The number of carboxylic acid groups (broad SMARTS) is 1. The number of benzene rings is 3. The molecule has 162 valence electrons. The lowest BCUT2D eigenvalue weighted by Gasteiger charge is -1.97. The average Bonchev–Trinajstić information content (AvgIpc) is 2.80. The molecule has 0 bridgehead atoms. The summed E-state index contributed by atoms with van der Waals surface area (Å²) in [5.74, 6) is -1.40. The van der Waals surface area contributed by atoms with E-state index in [0.29, 0.717) is 16.7 Å². The van der Waals surface area contributed by atoms with Gasteiger partial charge in [-0.05, 0) is 60.7 Å². The quantitative estimate of drug-likeness (QED) is 0.540. The first-order valence-electron chi connectivity index (χ1n) is 8.81. The molecule has 0 aliphatic carbocycles. The number of methoxy groups -OCH3 is 2. The van der Waals surface area contributed by atoms with Gasteiger partial charge in [0.1, 0.15) is 11.5 Å². The van der Waals surface area contributed by atoms with Gasteiger partial charge in [0.25, 0.3) is 0 Å². The molecular weight excluding hydrogens is 404 g/mol. The van der Waals surface area contributed by atoms with Gasteiger partial charge in [-0.3, -0.25) is 0 Å². The van der Waals surface area contributed by atoms with E-state index in [-0.39, 0.29) is 11.5 Å². The fourth-order valence-electron chi connectivity index (χ4n) is 2.01. The van der Waals surface area contributed by atoms with Crippen molar-refractivity contribution >= 4 is 17.9 Å². The molecule has 0 aliphatic heterocycles. The van der Waals surface area contributed by atoms with Crippen LogP contribution in [0.3, 0.4) is 0 Å². The maximum atomic E-state index is 10.8. The monoisotopic (exact) mass is 426 g/mol. The number of carboxylic acids is 1. The maximum Gasteiger partial charge on any atom is 0.337 e. The first-order chi connectivity index (χ1) is 14.8. The summed E-state index contributed by atoms with van der Waals surface area (Å²) < 4.78 is 8.91. The molecule has 8 nitrogen and oxygen atoms in total. The molecule has 0 saturated heterocycles. The van der Waals surface area contributed by atoms with Gasteiger partial charge in [0.05, 0.1) is 30.9 Å². The molecule has 0 aromatic heterocycles. The first-order valence-corrected chi connectivity index (χ1v) is 8.81. The van der Waals surface area contributed by atoms with Crippen molar-refractivity contribution in [2.45, 2.75) is 0 Å². The van der Waals surface area contributed by atoms with Gasteiger partial charge in [-0.15, -0.1) is 0 Å². The lowest BCUT2D eigenvalue weighted by atomic mass is 10.2. The minimum atomic E-state index is -0.879. The van der Waals surface area contributed by atoms with Crippen LogP contribution in [0.1, 0.15) is 31.1 Å². The van der Waals surface area contributed by atoms with Crippen LogP contribution in [0.5, 0.6) is 11.5 Å². The molecule has 8 heteroatoms. The lowest BCUT2D eigenvalue weighted by molar-refractivity contribution is 0.0592. The standard InChI is InChI=1S/2C8H8O3.C7H6O2/c2*1-11-8(10)6-2-4-7(9)5-3-6;8-7(9)6-4-2-1-3-5-6/h2*2-5,9H,1H3;1-5H,(H,8,9). The number of rotatable bonds is 3. The Labute approximate surface area is 178 Å². The van der Waals surface area contributed by atoms with Crippen molar-refractivity contribution in [2.75, 3.05) is 14.2 Å². The van der Waals surface area contributed by atoms with Crippen LogP contribution in [0.15, 0.2) is 78.9 Å². The molecule has 0 heterocycles. The van der Waals surface area contributed by atoms with Crippen molar-refractivity contribution in [3.63, 3.8) is 0 Å². The fraction of sp³-hybridized carbons (Fsp3) is 0.0870. The van der Waals surface area contributed by atoms with Crippen molar-refractivity contribution in [3.8, 4) is 11.5 Å². The Morgan fingerprint density at radius 3 is 1.19 bits per heavy atom. The third-order valence-electron chi connectivity index (χ3n) is 3.60. The molecule has 0 amide bonds. The molecule has 0 atom stereocenters. The molecule has 0 saturated carbocycles. The molecule has 3 N–H and O–H groups in total. The number of hydrogen-bond donors (Lipinski definition) is 3. The minimum absolute atomic E-state index is 0.137. The maximum absolute atomic E-state index is 10.8. The van der Waals surface area contributed by atoms with Gasteiger partial charge in [0, 0.05) is 0 Å². The van der Waals surface area contributed by atoms with Crippen LogP contribution in [0, 0.1) is 0 Å². The van der Waals surface area contributed by atoms with E-state index in [1.165, 1.54) is 62.8 Å². The van der Waals surface area contributed by atoms with Gasteiger partial charge in [-0.25, -0.2) is 14.4 Å². The summed E-state index contributed by atoms with van der Waals surface area (Å²) in [5.41, 5.74) is 1.20. The summed E-state index contributed by atoms with van der Waals surface area (Å²) in [7, 11) is 2.63. The van der Waals surface area contributed by atoms with E-state index in [9.17, 15) is 14.4 Å². The molecule has 3 rings (SSSR count). The minimum Gasteiger partial charge on any atom is -0.508 e. The summed E-state index contributed by atoms with van der Waals surface area (Å²) in [4.78, 5) is 31.8. The Bertz CT molecular complexity index is 907. The van der Waals surface area contributed by atoms with E-state index in [1.807, 2.05) is 0 Å². The number of phenolic OH excluding ortho intramolecular Hbond substituents is 2. The van der Waals surface area contributed by atoms with Crippen molar-refractivity contribution in [3.05, 3.63) is 95.6 Å². The third-order valence-corrected chi connectivity index (χ3v) is 3.60. The second-order valence-electron chi connectivity index (χ2n) is 5.75. The zero-order chi connectivity index (χ0) is 23.2. The van der Waals surface area contributed by atoms with Gasteiger partial charge >= 0.3 is 17.9 Å². The van der Waals surface area contributed by atoms with Crippen LogP contribution < -0.4 is 0 Å². The second-order valence-corrected chi connectivity index (χ2v) is 5.75. The van der Waals surface area contributed by atoms with Crippen LogP contribution in [0.4, 0.5) is 0 Å².